The average molecular weight is 913 g/mol. The van der Waals surface area contributed by atoms with Crippen molar-refractivity contribution < 1.29 is 63.0 Å². The number of nitrogens with one attached hydrogen (secondary N) is 1. The van der Waals surface area contributed by atoms with Gasteiger partial charge in [0.2, 0.25) is 11.6 Å². The molecule has 9 atom stereocenters. The molecule has 1 amide bonds. The van der Waals surface area contributed by atoms with Crippen LogP contribution in [0, 0.1) is 30.6 Å². The highest BCUT2D eigenvalue weighted by molar-refractivity contribution is 6.32. The molecule has 5 bridgehead atoms. The standard InChI is InChI=1S/C51H64N2O13/c1-10-11-25-63-34-20-18-33(19-21-34)50(61)65-46-32(7)47-38-36-37(46)44(57)39(40(45(36)58)53-23-13-12-14-24-53)52-49(60)28(3)17-15-16-27(2)41(54)30(5)43(56)31(6)42(55)29(4)35(62-9)22-26-64-51(8,66-47)48(38)59/h15-22,26-27,29-31,35,41-43,54-56H,10-14,23-25H2,1-9H3,(H,52,60)/b16-15+,26-22+,28-17-/t27-,29+,30+,31+,35-,41-,42+,43-,51-/m0/s1. The van der Waals surface area contributed by atoms with Gasteiger partial charge in [-0.1, -0.05) is 59.3 Å². The number of nitrogens with zero attached hydrogens (tertiary/aromatic N) is 1. The van der Waals surface area contributed by atoms with Gasteiger partial charge in [0.25, 0.3) is 11.7 Å². The van der Waals surface area contributed by atoms with Crippen LogP contribution in [0.25, 0.3) is 0 Å². The van der Waals surface area contributed by atoms with Crippen LogP contribution >= 0.6 is 0 Å². The van der Waals surface area contributed by atoms with Gasteiger partial charge in [-0.05, 0) is 69.9 Å². The second-order valence-electron chi connectivity index (χ2n) is 18.1. The zero-order valence-corrected chi connectivity index (χ0v) is 39.3. The molecule has 15 nitrogen and oxygen atoms in total. The van der Waals surface area contributed by atoms with Crippen molar-refractivity contribution in [2.45, 2.75) is 118 Å². The number of aliphatic hydroxyl groups is 3. The predicted molar refractivity (Wildman–Crippen MR) is 244 cm³/mol. The lowest BCUT2D eigenvalue weighted by Crippen LogP contribution is -2.45. The molecule has 4 N–H and O–H groups in total. The fourth-order valence-corrected chi connectivity index (χ4v) is 8.99. The summed E-state index contributed by atoms with van der Waals surface area (Å²) < 4.78 is 29.9. The van der Waals surface area contributed by atoms with Crippen molar-refractivity contribution in [3.05, 3.63) is 99.6 Å². The van der Waals surface area contributed by atoms with Gasteiger partial charge in [-0.25, -0.2) is 4.79 Å². The van der Waals surface area contributed by atoms with Gasteiger partial charge in [0.1, 0.15) is 28.6 Å². The molecule has 66 heavy (non-hydrogen) atoms. The summed E-state index contributed by atoms with van der Waals surface area (Å²) in [7, 11) is 1.43. The number of allylic oxidation sites excluding steroid dienone is 4. The van der Waals surface area contributed by atoms with Crippen LogP contribution in [-0.4, -0.2) is 106 Å². The van der Waals surface area contributed by atoms with Crippen LogP contribution in [0.4, 0.5) is 0 Å². The maximum absolute atomic E-state index is 15.3. The fraction of sp³-hybridized carbons (Fsp3) is 0.510. The third-order valence-corrected chi connectivity index (χ3v) is 13.4. The minimum absolute atomic E-state index is 0.0471. The van der Waals surface area contributed by atoms with Gasteiger partial charge in [0.15, 0.2) is 0 Å². The van der Waals surface area contributed by atoms with Gasteiger partial charge in [-0.3, -0.25) is 19.2 Å². The summed E-state index contributed by atoms with van der Waals surface area (Å²) in [4.78, 5) is 75.1. The van der Waals surface area contributed by atoms with E-state index in [2.05, 4.69) is 5.32 Å². The summed E-state index contributed by atoms with van der Waals surface area (Å²) in [5.74, 6) is -8.60. The van der Waals surface area contributed by atoms with E-state index in [-0.39, 0.29) is 50.7 Å². The Bertz CT molecular complexity index is 2320. The highest BCUT2D eigenvalue weighted by atomic mass is 16.7. The highest BCUT2D eigenvalue weighted by Crippen LogP contribution is 2.50. The summed E-state index contributed by atoms with van der Waals surface area (Å²) in [6, 6.07) is 6.25. The lowest BCUT2D eigenvalue weighted by Gasteiger charge is -2.36. The molecule has 0 spiro atoms. The minimum atomic E-state index is -2.12. The van der Waals surface area contributed by atoms with Crippen molar-refractivity contribution in [2.24, 2.45) is 23.7 Å². The fourth-order valence-electron chi connectivity index (χ4n) is 8.99. The van der Waals surface area contributed by atoms with E-state index in [1.54, 1.807) is 56.9 Å². The number of Topliss-reactive ketones (excluding diaryl/α,β-unsaturated/α-hetero) is 3. The number of likely N-dealkylation sites (tertiary alicyclic amines) is 1. The van der Waals surface area contributed by atoms with Crippen LogP contribution in [0.5, 0.6) is 17.2 Å². The Hall–Kier alpha value is -5.61. The molecular weight excluding hydrogens is 849 g/mol. The van der Waals surface area contributed by atoms with Crippen molar-refractivity contribution in [1.29, 1.82) is 0 Å². The molecule has 0 unspecified atom stereocenters. The smallest absolute Gasteiger partial charge is 0.343 e. The van der Waals surface area contributed by atoms with E-state index in [0.717, 1.165) is 19.3 Å². The normalized spacial score (nSPS) is 30.5. The van der Waals surface area contributed by atoms with Crippen molar-refractivity contribution in [3.63, 3.8) is 0 Å². The largest absolute Gasteiger partial charge is 0.494 e. The van der Waals surface area contributed by atoms with Gasteiger partial charge < -0.3 is 49.2 Å². The third kappa shape index (κ3) is 9.90. The first kappa shape index (κ1) is 49.8. The Morgan fingerprint density at radius 2 is 1.52 bits per heavy atom. The Balaban J connectivity index is 1.52. The van der Waals surface area contributed by atoms with Crippen molar-refractivity contribution >= 4 is 29.2 Å². The predicted octanol–water partition coefficient (Wildman–Crippen LogP) is 6.57. The molecule has 5 aliphatic rings. The number of carbonyl (C=O) groups is 5. The van der Waals surface area contributed by atoms with Crippen molar-refractivity contribution in [2.75, 3.05) is 26.8 Å². The summed E-state index contributed by atoms with van der Waals surface area (Å²) in [5, 5.41) is 36.8. The first-order chi connectivity index (χ1) is 31.4. The third-order valence-electron chi connectivity index (χ3n) is 13.4. The molecule has 15 heteroatoms. The van der Waals surface area contributed by atoms with E-state index >= 15 is 9.59 Å². The lowest BCUT2D eigenvalue weighted by molar-refractivity contribution is -0.116. The Kier molecular flexibility index (Phi) is 15.8. The molecule has 4 heterocycles. The monoisotopic (exact) mass is 912 g/mol. The number of carbonyl (C=O) groups excluding carboxylic acids is 5. The highest BCUT2D eigenvalue weighted by Gasteiger charge is 2.53. The molecule has 0 aromatic heterocycles. The summed E-state index contributed by atoms with van der Waals surface area (Å²) in [6.45, 7) is 14.5. The van der Waals surface area contributed by atoms with Crippen LogP contribution in [-0.2, 0) is 14.3 Å². The molecule has 2 aromatic rings. The van der Waals surface area contributed by atoms with Crippen LogP contribution in [0.2, 0.25) is 0 Å². The second-order valence-corrected chi connectivity index (χ2v) is 18.1. The number of fused-ring (bicyclic) bond motifs is 14. The molecule has 7 rings (SSSR count). The minimum Gasteiger partial charge on any atom is -0.494 e. The number of ether oxygens (including phenoxy) is 5. The molecule has 2 aromatic carbocycles. The summed E-state index contributed by atoms with van der Waals surface area (Å²) >= 11 is 0. The van der Waals surface area contributed by atoms with Gasteiger partial charge in [0, 0.05) is 61.9 Å². The molecular formula is C51H64N2O13. The SMILES string of the molecule is CCCCOc1ccc(C(=O)Oc2c(C)c3c4c5c2C(=O)C(=C(N2CCCCC2)C5=O)NC(=O)/C(C)=C\C=C\[C@H](C)[C@H](O)[C@@H](C)[C@H](O)[C@H](C)[C@H](O)[C@H](C)[C@@H](OC)/C=C/O[C@@](C)(O3)C4=O)cc1. The number of hydrogen-bond donors (Lipinski definition) is 4. The maximum Gasteiger partial charge on any atom is 0.343 e. The average Bonchev–Trinajstić information content (AvgIpc) is 3.58. The van der Waals surface area contributed by atoms with E-state index < -0.39 is 88.7 Å². The van der Waals surface area contributed by atoms with E-state index in [0.29, 0.717) is 38.3 Å². The maximum atomic E-state index is 15.3. The summed E-state index contributed by atoms with van der Waals surface area (Å²) in [5.41, 5.74) is -1.16. The van der Waals surface area contributed by atoms with Gasteiger partial charge >= 0.3 is 11.8 Å². The number of methoxy groups -OCH3 is 1. The molecule has 4 aliphatic heterocycles. The van der Waals surface area contributed by atoms with Crippen LogP contribution < -0.4 is 19.5 Å². The zero-order chi connectivity index (χ0) is 48.2. The molecule has 1 aliphatic carbocycles. The number of unbranched alkanes of at least 4 members (excludes halogenated alkanes) is 1. The van der Waals surface area contributed by atoms with E-state index in [9.17, 15) is 29.7 Å². The number of esters is 1. The van der Waals surface area contributed by atoms with Crippen LogP contribution in [0.1, 0.15) is 128 Å². The quantitative estimate of drug-likeness (QED) is 0.126. The van der Waals surface area contributed by atoms with Gasteiger partial charge in [-0.2, -0.15) is 0 Å². The number of benzene rings is 2. The Morgan fingerprint density at radius 3 is 2.17 bits per heavy atom. The summed E-state index contributed by atoms with van der Waals surface area (Å²) in [6.07, 6.45) is 7.36. The topological polar surface area (TPSA) is 207 Å². The molecule has 1 saturated heterocycles. The Morgan fingerprint density at radius 1 is 0.864 bits per heavy atom. The number of piperidine rings is 1. The second kappa shape index (κ2) is 20.9. The molecule has 0 saturated carbocycles. The van der Waals surface area contributed by atoms with Gasteiger partial charge in [0.05, 0.1) is 59.5 Å². The van der Waals surface area contributed by atoms with E-state index in [1.165, 1.54) is 58.4 Å². The lowest BCUT2D eigenvalue weighted by atomic mass is 9.78. The van der Waals surface area contributed by atoms with E-state index in [4.69, 9.17) is 23.7 Å². The van der Waals surface area contributed by atoms with Crippen molar-refractivity contribution in [1.82, 2.24) is 10.2 Å². The molecule has 1 fully saturated rings. The number of rotatable bonds is 8. The number of hydrogen-bond acceptors (Lipinski definition) is 14. The van der Waals surface area contributed by atoms with Gasteiger partial charge in [-0.15, -0.1) is 0 Å². The molecule has 356 valence electrons. The van der Waals surface area contributed by atoms with Crippen LogP contribution in [0.15, 0.2) is 71.8 Å². The first-order valence-corrected chi connectivity index (χ1v) is 22.9. The first-order valence-electron chi connectivity index (χ1n) is 22.9. The number of aliphatic hydroxyl groups excluding tert-OH is 3. The Labute approximate surface area is 386 Å². The number of amides is 1. The van der Waals surface area contributed by atoms with E-state index in [1.807, 2.05) is 6.92 Å². The zero-order valence-electron chi connectivity index (χ0n) is 39.3. The van der Waals surface area contributed by atoms with Crippen LogP contribution in [0.3, 0.4) is 0 Å². The molecule has 0 radical (unpaired) electrons. The number of ketones is 3. The van der Waals surface area contributed by atoms with Crippen molar-refractivity contribution in [3.8, 4) is 17.2 Å².